The van der Waals surface area contributed by atoms with E-state index in [1.165, 1.54) is 0 Å². The number of hydrogen-bond donors (Lipinski definition) is 1. The van der Waals surface area contributed by atoms with E-state index in [0.29, 0.717) is 12.5 Å². The van der Waals surface area contributed by atoms with E-state index in [1.54, 1.807) is 0 Å². The van der Waals surface area contributed by atoms with Gasteiger partial charge >= 0.3 is 0 Å². The van der Waals surface area contributed by atoms with Crippen LogP contribution in [0.15, 0.2) is 0 Å². The van der Waals surface area contributed by atoms with Crippen LogP contribution in [0.2, 0.25) is 0 Å². The molecular weight excluding hydrogens is 202 g/mol. The molecule has 16 heavy (non-hydrogen) atoms. The fourth-order valence-electron chi connectivity index (χ4n) is 2.24. The number of nitrogens with two attached hydrogens (primary N) is 1. The normalized spacial score (nSPS) is 26.2. The highest BCUT2D eigenvalue weighted by atomic mass is 16.1. The van der Waals surface area contributed by atoms with Crippen molar-refractivity contribution in [3.8, 4) is 6.07 Å². The molecule has 1 fully saturated rings. The lowest BCUT2D eigenvalue weighted by atomic mass is 9.93. The summed E-state index contributed by atoms with van der Waals surface area (Å²) in [5, 5.41) is 8.45. The van der Waals surface area contributed by atoms with Crippen LogP contribution in [-0.4, -0.2) is 29.9 Å². The molecule has 90 valence electrons. The van der Waals surface area contributed by atoms with E-state index in [2.05, 4.69) is 17.9 Å². The Bertz CT molecular complexity index is 272. The molecule has 1 rings (SSSR count). The zero-order chi connectivity index (χ0) is 12.0. The maximum absolute atomic E-state index is 11.1. The number of amides is 1. The van der Waals surface area contributed by atoms with Gasteiger partial charge in [0.25, 0.3) is 0 Å². The standard InChI is InChI=1S/C12H21N3O/c1-10-5-6-11(12(14)16)9-15(10)8-4-2-3-7-13/h10-11H,2-6,8-9H2,1H3,(H2,14,16). The topological polar surface area (TPSA) is 70.1 Å². The first kappa shape index (κ1) is 13.0. The van der Waals surface area contributed by atoms with Crippen LogP contribution in [0.1, 0.15) is 39.0 Å². The molecule has 1 saturated heterocycles. The van der Waals surface area contributed by atoms with Gasteiger partial charge in [0.2, 0.25) is 5.91 Å². The van der Waals surface area contributed by atoms with Crippen molar-refractivity contribution in [3.63, 3.8) is 0 Å². The largest absolute Gasteiger partial charge is 0.369 e. The van der Waals surface area contributed by atoms with Crippen LogP contribution in [0, 0.1) is 17.2 Å². The van der Waals surface area contributed by atoms with Crippen LogP contribution in [0.5, 0.6) is 0 Å². The van der Waals surface area contributed by atoms with Gasteiger partial charge in [0, 0.05) is 19.0 Å². The summed E-state index contributed by atoms with van der Waals surface area (Å²) in [6.45, 7) is 3.97. The molecule has 1 heterocycles. The lowest BCUT2D eigenvalue weighted by molar-refractivity contribution is -0.123. The SMILES string of the molecule is CC1CCC(C(N)=O)CN1CCCCC#N. The summed E-state index contributed by atoms with van der Waals surface area (Å²) in [6, 6.07) is 2.69. The van der Waals surface area contributed by atoms with Crippen molar-refractivity contribution in [1.82, 2.24) is 4.90 Å². The zero-order valence-corrected chi connectivity index (χ0v) is 9.98. The molecule has 0 bridgehead atoms. The van der Waals surface area contributed by atoms with Gasteiger partial charge in [0.15, 0.2) is 0 Å². The summed E-state index contributed by atoms with van der Waals surface area (Å²) in [5.74, 6) is -0.152. The van der Waals surface area contributed by atoms with Crippen molar-refractivity contribution >= 4 is 5.91 Å². The molecule has 1 amide bonds. The fourth-order valence-corrected chi connectivity index (χ4v) is 2.24. The van der Waals surface area contributed by atoms with Crippen LogP contribution in [0.4, 0.5) is 0 Å². The van der Waals surface area contributed by atoms with Crippen LogP contribution in [0.25, 0.3) is 0 Å². The number of carbonyl (C=O) groups excluding carboxylic acids is 1. The van der Waals surface area contributed by atoms with E-state index in [1.807, 2.05) is 0 Å². The summed E-state index contributed by atoms with van der Waals surface area (Å²) < 4.78 is 0. The van der Waals surface area contributed by atoms with Gasteiger partial charge in [-0.05, 0) is 39.2 Å². The van der Waals surface area contributed by atoms with Gasteiger partial charge in [-0.3, -0.25) is 9.69 Å². The highest BCUT2D eigenvalue weighted by Crippen LogP contribution is 2.21. The predicted molar refractivity (Wildman–Crippen MR) is 62.4 cm³/mol. The molecule has 4 nitrogen and oxygen atoms in total. The fraction of sp³-hybridized carbons (Fsp3) is 0.833. The quantitative estimate of drug-likeness (QED) is 0.713. The van der Waals surface area contributed by atoms with E-state index in [4.69, 9.17) is 11.0 Å². The Labute approximate surface area is 97.4 Å². The van der Waals surface area contributed by atoms with E-state index in [0.717, 1.165) is 38.8 Å². The number of likely N-dealkylation sites (tertiary alicyclic amines) is 1. The summed E-state index contributed by atoms with van der Waals surface area (Å²) in [5.41, 5.74) is 5.34. The van der Waals surface area contributed by atoms with E-state index in [-0.39, 0.29) is 11.8 Å². The molecule has 0 radical (unpaired) electrons. The van der Waals surface area contributed by atoms with Crippen molar-refractivity contribution in [2.24, 2.45) is 11.7 Å². The Morgan fingerprint density at radius 2 is 2.25 bits per heavy atom. The third-order valence-electron chi connectivity index (χ3n) is 3.40. The summed E-state index contributed by atoms with van der Waals surface area (Å²) >= 11 is 0. The molecule has 0 aliphatic carbocycles. The number of carbonyl (C=O) groups is 1. The molecular formula is C12H21N3O. The van der Waals surface area contributed by atoms with E-state index >= 15 is 0 Å². The minimum Gasteiger partial charge on any atom is -0.369 e. The molecule has 0 aromatic heterocycles. The molecule has 4 heteroatoms. The number of piperidine rings is 1. The maximum atomic E-state index is 11.1. The Morgan fingerprint density at radius 1 is 1.50 bits per heavy atom. The maximum Gasteiger partial charge on any atom is 0.221 e. The van der Waals surface area contributed by atoms with Gasteiger partial charge in [0.1, 0.15) is 0 Å². The van der Waals surface area contributed by atoms with Gasteiger partial charge < -0.3 is 5.73 Å². The van der Waals surface area contributed by atoms with Gasteiger partial charge in [-0.15, -0.1) is 0 Å². The second-order valence-electron chi connectivity index (χ2n) is 4.64. The second-order valence-corrected chi connectivity index (χ2v) is 4.64. The molecule has 0 saturated carbocycles. The number of nitriles is 1. The van der Waals surface area contributed by atoms with Gasteiger partial charge in [-0.2, -0.15) is 5.26 Å². The molecule has 0 spiro atoms. The number of unbranched alkanes of at least 4 members (excludes halogenated alkanes) is 2. The molecule has 1 aliphatic heterocycles. The lowest BCUT2D eigenvalue weighted by Gasteiger charge is -2.36. The van der Waals surface area contributed by atoms with Crippen molar-refractivity contribution in [2.45, 2.75) is 45.1 Å². The average Bonchev–Trinajstić information content (AvgIpc) is 2.26. The van der Waals surface area contributed by atoms with Gasteiger partial charge in [-0.25, -0.2) is 0 Å². The smallest absolute Gasteiger partial charge is 0.221 e. The first-order valence-corrected chi connectivity index (χ1v) is 6.05. The minimum atomic E-state index is -0.172. The Hall–Kier alpha value is -1.08. The number of rotatable bonds is 5. The van der Waals surface area contributed by atoms with Gasteiger partial charge in [-0.1, -0.05) is 0 Å². The Balaban J connectivity index is 2.32. The second kappa shape index (κ2) is 6.49. The first-order valence-electron chi connectivity index (χ1n) is 6.05. The summed E-state index contributed by atoms with van der Waals surface area (Å²) in [7, 11) is 0. The van der Waals surface area contributed by atoms with Crippen molar-refractivity contribution < 1.29 is 4.79 Å². The summed E-state index contributed by atoms with van der Waals surface area (Å²) in [6.07, 6.45) is 4.57. The highest BCUT2D eigenvalue weighted by molar-refractivity contribution is 5.76. The van der Waals surface area contributed by atoms with Crippen molar-refractivity contribution in [2.75, 3.05) is 13.1 Å². The predicted octanol–water partition coefficient (Wildman–Crippen LogP) is 1.27. The van der Waals surface area contributed by atoms with Crippen LogP contribution in [0.3, 0.4) is 0 Å². The zero-order valence-electron chi connectivity index (χ0n) is 9.98. The van der Waals surface area contributed by atoms with Crippen molar-refractivity contribution in [3.05, 3.63) is 0 Å². The molecule has 2 N–H and O–H groups in total. The molecule has 2 unspecified atom stereocenters. The number of nitrogens with zero attached hydrogens (tertiary/aromatic N) is 2. The number of primary amides is 1. The third-order valence-corrected chi connectivity index (χ3v) is 3.40. The van der Waals surface area contributed by atoms with Gasteiger partial charge in [0.05, 0.1) is 12.0 Å². The van der Waals surface area contributed by atoms with Crippen LogP contribution >= 0.6 is 0 Å². The highest BCUT2D eigenvalue weighted by Gasteiger charge is 2.27. The monoisotopic (exact) mass is 223 g/mol. The third kappa shape index (κ3) is 3.82. The molecule has 0 aromatic carbocycles. The molecule has 0 aromatic rings. The summed E-state index contributed by atoms with van der Waals surface area (Å²) in [4.78, 5) is 13.5. The minimum absolute atomic E-state index is 0.0205. The first-order chi connectivity index (χ1) is 7.65. The van der Waals surface area contributed by atoms with Crippen LogP contribution < -0.4 is 5.73 Å². The lowest BCUT2D eigenvalue weighted by Crippen LogP contribution is -2.46. The van der Waals surface area contributed by atoms with Crippen LogP contribution in [-0.2, 0) is 4.79 Å². The van der Waals surface area contributed by atoms with Crippen molar-refractivity contribution in [1.29, 1.82) is 5.26 Å². The molecule has 2 atom stereocenters. The molecule has 1 aliphatic rings. The average molecular weight is 223 g/mol. The van der Waals surface area contributed by atoms with E-state index < -0.39 is 0 Å². The Morgan fingerprint density at radius 3 is 2.88 bits per heavy atom. The number of hydrogen-bond acceptors (Lipinski definition) is 3. The Kier molecular flexibility index (Phi) is 5.27. The van der Waals surface area contributed by atoms with E-state index in [9.17, 15) is 4.79 Å².